The van der Waals surface area contributed by atoms with Crippen LogP contribution < -0.4 is 0 Å². The summed E-state index contributed by atoms with van der Waals surface area (Å²) in [5.74, 6) is 0.0585. The van der Waals surface area contributed by atoms with Crippen molar-refractivity contribution in [3.05, 3.63) is 32.7 Å². The van der Waals surface area contributed by atoms with E-state index in [0.717, 1.165) is 8.95 Å². The lowest BCUT2D eigenvalue weighted by Crippen LogP contribution is -2.42. The summed E-state index contributed by atoms with van der Waals surface area (Å²) in [6.45, 7) is 8.13. The highest BCUT2D eigenvalue weighted by Crippen LogP contribution is 2.24. The quantitative estimate of drug-likeness (QED) is 0.776. The Kier molecular flexibility index (Phi) is 5.20. The third-order valence-corrected chi connectivity index (χ3v) is 3.69. The third-order valence-electron chi connectivity index (χ3n) is 2.51. The number of hydrogen-bond acceptors (Lipinski definition) is 1. The molecule has 0 N–H and O–H groups in total. The Morgan fingerprint density at radius 3 is 2.12 bits per heavy atom. The van der Waals surface area contributed by atoms with Crippen molar-refractivity contribution >= 4 is 37.8 Å². The van der Waals surface area contributed by atoms with Gasteiger partial charge in [-0.25, -0.2) is 0 Å². The van der Waals surface area contributed by atoms with Crippen molar-refractivity contribution in [3.63, 3.8) is 0 Å². The molecule has 0 saturated heterocycles. The molecule has 4 heteroatoms. The highest BCUT2D eigenvalue weighted by Gasteiger charge is 2.23. The van der Waals surface area contributed by atoms with Crippen LogP contribution in [0.25, 0.3) is 0 Å². The molecule has 0 heterocycles. The number of hydrogen-bond donors (Lipinski definition) is 0. The standard InChI is InChI=1S/C13H17Br2NO/c1-8(2)16(9(3)4)13(17)11-7-10(14)5-6-12(11)15/h5-9H,1-4H3. The lowest BCUT2D eigenvalue weighted by atomic mass is 10.1. The van der Waals surface area contributed by atoms with E-state index in [1.165, 1.54) is 0 Å². The van der Waals surface area contributed by atoms with Crippen molar-refractivity contribution in [2.75, 3.05) is 0 Å². The molecular weight excluding hydrogens is 346 g/mol. The zero-order chi connectivity index (χ0) is 13.2. The molecule has 0 atom stereocenters. The maximum Gasteiger partial charge on any atom is 0.255 e. The van der Waals surface area contributed by atoms with Crippen LogP contribution in [0.4, 0.5) is 0 Å². The van der Waals surface area contributed by atoms with Crippen molar-refractivity contribution in [2.45, 2.75) is 39.8 Å². The first-order valence-corrected chi connectivity index (χ1v) is 7.21. The van der Waals surface area contributed by atoms with Crippen LogP contribution >= 0.6 is 31.9 Å². The number of halogens is 2. The summed E-state index contributed by atoms with van der Waals surface area (Å²) < 4.78 is 1.74. The molecule has 0 aliphatic carbocycles. The molecule has 2 nitrogen and oxygen atoms in total. The molecule has 1 amide bonds. The maximum absolute atomic E-state index is 12.5. The Hall–Kier alpha value is -0.350. The molecule has 0 unspecified atom stereocenters. The van der Waals surface area contributed by atoms with Crippen molar-refractivity contribution in [1.82, 2.24) is 4.90 Å². The first kappa shape index (κ1) is 14.7. The summed E-state index contributed by atoms with van der Waals surface area (Å²) in [7, 11) is 0. The van der Waals surface area contributed by atoms with Crippen LogP contribution in [0.1, 0.15) is 38.1 Å². The first-order valence-electron chi connectivity index (χ1n) is 5.62. The molecule has 1 aromatic rings. The van der Waals surface area contributed by atoms with Crippen LogP contribution in [-0.4, -0.2) is 22.9 Å². The molecular formula is C13H17Br2NO. The molecule has 94 valence electrons. The van der Waals surface area contributed by atoms with E-state index in [-0.39, 0.29) is 18.0 Å². The van der Waals surface area contributed by atoms with Gasteiger partial charge in [0, 0.05) is 21.0 Å². The summed E-state index contributed by atoms with van der Waals surface area (Å²) in [6.07, 6.45) is 0. The molecule has 0 radical (unpaired) electrons. The summed E-state index contributed by atoms with van der Waals surface area (Å²) in [5.41, 5.74) is 0.696. The molecule has 17 heavy (non-hydrogen) atoms. The smallest absolute Gasteiger partial charge is 0.255 e. The van der Waals surface area contributed by atoms with E-state index < -0.39 is 0 Å². The van der Waals surface area contributed by atoms with Crippen LogP contribution in [0, 0.1) is 0 Å². The molecule has 0 saturated carbocycles. The Bertz CT molecular complexity index is 408. The van der Waals surface area contributed by atoms with Gasteiger partial charge in [-0.05, 0) is 61.8 Å². The summed E-state index contributed by atoms with van der Waals surface area (Å²) in [5, 5.41) is 0. The summed E-state index contributed by atoms with van der Waals surface area (Å²) in [4.78, 5) is 14.4. The molecule has 0 fully saturated rings. The maximum atomic E-state index is 12.5. The van der Waals surface area contributed by atoms with Gasteiger partial charge in [-0.1, -0.05) is 15.9 Å². The largest absolute Gasteiger partial charge is 0.334 e. The van der Waals surface area contributed by atoms with Crippen molar-refractivity contribution < 1.29 is 4.79 Å². The predicted molar refractivity (Wildman–Crippen MR) is 78.3 cm³/mol. The first-order chi connectivity index (χ1) is 7.84. The van der Waals surface area contributed by atoms with Gasteiger partial charge in [-0.3, -0.25) is 4.79 Å². The SMILES string of the molecule is CC(C)N(C(=O)c1cc(Br)ccc1Br)C(C)C. The molecule has 1 rings (SSSR count). The summed E-state index contributed by atoms with van der Waals surface area (Å²) >= 11 is 6.83. The highest BCUT2D eigenvalue weighted by atomic mass is 79.9. The van der Waals surface area contributed by atoms with E-state index >= 15 is 0 Å². The second kappa shape index (κ2) is 6.01. The van der Waals surface area contributed by atoms with Gasteiger partial charge in [0.25, 0.3) is 5.91 Å². The number of amides is 1. The molecule has 0 aliphatic heterocycles. The highest BCUT2D eigenvalue weighted by molar-refractivity contribution is 9.11. The molecule has 0 spiro atoms. The third kappa shape index (κ3) is 3.55. The fourth-order valence-electron chi connectivity index (χ4n) is 1.87. The van der Waals surface area contributed by atoms with Crippen LogP contribution in [0.2, 0.25) is 0 Å². The fourth-order valence-corrected chi connectivity index (χ4v) is 2.64. The van der Waals surface area contributed by atoms with Gasteiger partial charge in [0.1, 0.15) is 0 Å². The number of carbonyl (C=O) groups excluding carboxylic acids is 1. The van der Waals surface area contributed by atoms with Gasteiger partial charge in [0.15, 0.2) is 0 Å². The lowest BCUT2D eigenvalue weighted by Gasteiger charge is -2.31. The molecule has 0 bridgehead atoms. The van der Waals surface area contributed by atoms with Gasteiger partial charge in [0.05, 0.1) is 5.56 Å². The second-order valence-corrected chi connectivity index (χ2v) is 6.29. The van der Waals surface area contributed by atoms with Gasteiger partial charge in [-0.15, -0.1) is 0 Å². The molecule has 0 aliphatic rings. The van der Waals surface area contributed by atoms with E-state index in [4.69, 9.17) is 0 Å². The van der Waals surface area contributed by atoms with Crippen LogP contribution in [0.5, 0.6) is 0 Å². The molecule has 1 aromatic carbocycles. The minimum absolute atomic E-state index is 0.0585. The van der Waals surface area contributed by atoms with Gasteiger partial charge >= 0.3 is 0 Å². The topological polar surface area (TPSA) is 20.3 Å². The minimum atomic E-state index is 0.0585. The molecule has 0 aromatic heterocycles. The fraction of sp³-hybridized carbons (Fsp3) is 0.462. The van der Waals surface area contributed by atoms with Gasteiger partial charge in [0.2, 0.25) is 0 Å². The van der Waals surface area contributed by atoms with E-state index in [9.17, 15) is 4.79 Å². The zero-order valence-electron chi connectivity index (χ0n) is 10.5. The van der Waals surface area contributed by atoms with Crippen LogP contribution in [0.15, 0.2) is 27.1 Å². The van der Waals surface area contributed by atoms with Gasteiger partial charge < -0.3 is 4.90 Å². The van der Waals surface area contributed by atoms with Crippen LogP contribution in [0.3, 0.4) is 0 Å². The number of nitrogens with zero attached hydrogens (tertiary/aromatic N) is 1. The van der Waals surface area contributed by atoms with Crippen molar-refractivity contribution in [1.29, 1.82) is 0 Å². The number of carbonyl (C=O) groups is 1. The Balaban J connectivity index is 3.14. The average Bonchev–Trinajstić information content (AvgIpc) is 2.20. The Morgan fingerprint density at radius 2 is 1.65 bits per heavy atom. The minimum Gasteiger partial charge on any atom is -0.334 e. The van der Waals surface area contributed by atoms with Crippen LogP contribution in [-0.2, 0) is 0 Å². The van der Waals surface area contributed by atoms with Crippen molar-refractivity contribution in [3.8, 4) is 0 Å². The van der Waals surface area contributed by atoms with Crippen molar-refractivity contribution in [2.24, 2.45) is 0 Å². The zero-order valence-corrected chi connectivity index (χ0v) is 13.7. The van der Waals surface area contributed by atoms with Gasteiger partial charge in [-0.2, -0.15) is 0 Å². The van der Waals surface area contributed by atoms with E-state index in [1.54, 1.807) is 0 Å². The number of benzene rings is 1. The average molecular weight is 363 g/mol. The second-order valence-electron chi connectivity index (χ2n) is 4.52. The van der Waals surface area contributed by atoms with E-state index in [0.29, 0.717) is 5.56 Å². The Labute approximate surface area is 120 Å². The monoisotopic (exact) mass is 361 g/mol. The van der Waals surface area contributed by atoms with E-state index in [1.807, 2.05) is 50.8 Å². The normalized spacial score (nSPS) is 11.1. The Morgan fingerprint density at radius 1 is 1.12 bits per heavy atom. The predicted octanol–water partition coefficient (Wildman–Crippen LogP) is 4.47. The summed E-state index contributed by atoms with van der Waals surface area (Å²) in [6, 6.07) is 6.03. The lowest BCUT2D eigenvalue weighted by molar-refractivity contribution is 0.0642. The van der Waals surface area contributed by atoms with E-state index in [2.05, 4.69) is 31.9 Å². The number of rotatable bonds is 3.